The van der Waals surface area contributed by atoms with Crippen molar-refractivity contribution in [1.29, 1.82) is 0 Å². The summed E-state index contributed by atoms with van der Waals surface area (Å²) in [7, 11) is 0. The minimum absolute atomic E-state index is 0.333. The number of ether oxygens (including phenoxy) is 2. The molecule has 0 aliphatic heterocycles. The van der Waals surface area contributed by atoms with Gasteiger partial charge in [-0.15, -0.1) is 0 Å². The van der Waals surface area contributed by atoms with E-state index in [1.807, 2.05) is 0 Å². The average Bonchev–Trinajstić information content (AvgIpc) is 2.41. The Morgan fingerprint density at radius 3 is 2.39 bits per heavy atom. The molecule has 18 heavy (non-hydrogen) atoms. The lowest BCUT2D eigenvalue weighted by molar-refractivity contribution is -0.147. The summed E-state index contributed by atoms with van der Waals surface area (Å²) in [6.07, 6.45) is -0.949. The van der Waals surface area contributed by atoms with Gasteiger partial charge >= 0.3 is 12.1 Å². The van der Waals surface area contributed by atoms with E-state index < -0.39 is 35.9 Å². The van der Waals surface area contributed by atoms with Crippen LogP contribution in [0.2, 0.25) is 0 Å². The predicted molar refractivity (Wildman–Crippen MR) is 64.0 cm³/mol. The third-order valence-corrected chi connectivity index (χ3v) is 2.50. The highest BCUT2D eigenvalue weighted by Gasteiger charge is 2.37. The first-order chi connectivity index (χ1) is 8.17. The number of nitrogens with one attached hydrogen (secondary N) is 1. The molecule has 0 aromatic carbocycles. The van der Waals surface area contributed by atoms with E-state index in [9.17, 15) is 14.7 Å². The number of hydrogen-bond donors (Lipinski definition) is 2. The molecule has 0 aromatic heterocycles. The zero-order valence-electron chi connectivity index (χ0n) is 11.2. The van der Waals surface area contributed by atoms with Gasteiger partial charge < -0.3 is 19.9 Å². The SMILES string of the molecule is CC(=O)O[C@H]1CC(O)C[C@@H]1NC(=O)OC(C)(C)C. The van der Waals surface area contributed by atoms with Crippen LogP contribution in [0.25, 0.3) is 0 Å². The summed E-state index contributed by atoms with van der Waals surface area (Å²) in [5, 5.41) is 12.2. The standard InChI is InChI=1S/C12H21NO5/c1-7(14)17-10-6-8(15)5-9(10)13-11(16)18-12(2,3)4/h8-10,15H,5-6H2,1-4H3,(H,13,16)/t8?,9-,10-/m0/s1. The van der Waals surface area contributed by atoms with Crippen LogP contribution in [0.4, 0.5) is 4.79 Å². The summed E-state index contributed by atoms with van der Waals surface area (Å²) in [6.45, 7) is 6.59. The van der Waals surface area contributed by atoms with Gasteiger partial charge in [0.15, 0.2) is 0 Å². The average molecular weight is 259 g/mol. The Balaban J connectivity index is 2.53. The Kier molecular flexibility index (Phi) is 4.56. The maximum atomic E-state index is 11.6. The molecule has 0 aromatic rings. The van der Waals surface area contributed by atoms with Gasteiger partial charge in [0.25, 0.3) is 0 Å². The highest BCUT2D eigenvalue weighted by molar-refractivity contribution is 5.69. The minimum Gasteiger partial charge on any atom is -0.460 e. The fourth-order valence-electron chi connectivity index (χ4n) is 1.93. The van der Waals surface area contributed by atoms with E-state index in [1.54, 1.807) is 20.8 Å². The zero-order chi connectivity index (χ0) is 13.9. The first kappa shape index (κ1) is 14.8. The molecule has 0 spiro atoms. The van der Waals surface area contributed by atoms with Gasteiger partial charge in [-0.3, -0.25) is 4.79 Å². The molecule has 1 fully saturated rings. The lowest BCUT2D eigenvalue weighted by Gasteiger charge is -2.24. The predicted octanol–water partition coefficient (Wildman–Crippen LogP) is 0.966. The van der Waals surface area contributed by atoms with Gasteiger partial charge in [0.2, 0.25) is 0 Å². The molecule has 6 nitrogen and oxygen atoms in total. The molecule has 1 saturated carbocycles. The number of aliphatic hydroxyl groups excluding tert-OH is 1. The number of amides is 1. The van der Waals surface area contributed by atoms with E-state index in [1.165, 1.54) is 6.92 Å². The second-order valence-electron chi connectivity index (χ2n) is 5.53. The lowest BCUT2D eigenvalue weighted by Crippen LogP contribution is -2.44. The molecule has 1 amide bonds. The van der Waals surface area contributed by atoms with Gasteiger partial charge in [-0.25, -0.2) is 4.79 Å². The van der Waals surface area contributed by atoms with Crippen molar-refractivity contribution in [3.63, 3.8) is 0 Å². The molecule has 1 unspecified atom stereocenters. The number of hydrogen-bond acceptors (Lipinski definition) is 5. The number of alkyl carbamates (subject to hydrolysis) is 1. The normalized spacial score (nSPS) is 27.7. The van der Waals surface area contributed by atoms with E-state index in [4.69, 9.17) is 9.47 Å². The smallest absolute Gasteiger partial charge is 0.408 e. The summed E-state index contributed by atoms with van der Waals surface area (Å²) in [5.41, 5.74) is -0.585. The van der Waals surface area contributed by atoms with E-state index in [0.29, 0.717) is 12.8 Å². The molecule has 6 heteroatoms. The fourth-order valence-corrected chi connectivity index (χ4v) is 1.93. The largest absolute Gasteiger partial charge is 0.460 e. The first-order valence-corrected chi connectivity index (χ1v) is 6.02. The monoisotopic (exact) mass is 259 g/mol. The van der Waals surface area contributed by atoms with Crippen molar-refractivity contribution >= 4 is 12.1 Å². The first-order valence-electron chi connectivity index (χ1n) is 6.02. The molecule has 1 aliphatic carbocycles. The zero-order valence-corrected chi connectivity index (χ0v) is 11.2. The molecular weight excluding hydrogens is 238 g/mol. The number of aliphatic hydroxyl groups is 1. The van der Waals surface area contributed by atoms with E-state index in [2.05, 4.69) is 5.32 Å². The van der Waals surface area contributed by atoms with Crippen molar-refractivity contribution < 1.29 is 24.2 Å². The minimum atomic E-state index is -0.585. The van der Waals surface area contributed by atoms with Gasteiger partial charge in [0.05, 0.1) is 12.1 Å². The Bertz CT molecular complexity index is 323. The van der Waals surface area contributed by atoms with E-state index in [-0.39, 0.29) is 0 Å². The number of carbonyl (C=O) groups is 2. The summed E-state index contributed by atoms with van der Waals surface area (Å²) >= 11 is 0. The third-order valence-electron chi connectivity index (χ3n) is 2.50. The Morgan fingerprint density at radius 2 is 1.89 bits per heavy atom. The Hall–Kier alpha value is -1.30. The second-order valence-corrected chi connectivity index (χ2v) is 5.53. The van der Waals surface area contributed by atoms with Gasteiger partial charge in [-0.1, -0.05) is 0 Å². The maximum absolute atomic E-state index is 11.6. The van der Waals surface area contributed by atoms with Crippen LogP contribution in [0.15, 0.2) is 0 Å². The molecular formula is C12H21NO5. The molecule has 0 saturated heterocycles. The van der Waals surface area contributed by atoms with Gasteiger partial charge in [-0.05, 0) is 27.2 Å². The van der Waals surface area contributed by atoms with Crippen molar-refractivity contribution in [3.8, 4) is 0 Å². The molecule has 2 N–H and O–H groups in total. The van der Waals surface area contributed by atoms with Gasteiger partial charge in [0, 0.05) is 13.3 Å². The third kappa shape index (κ3) is 4.91. The van der Waals surface area contributed by atoms with Crippen molar-refractivity contribution in [3.05, 3.63) is 0 Å². The quantitative estimate of drug-likeness (QED) is 0.722. The molecule has 1 aliphatic rings. The van der Waals surface area contributed by atoms with Crippen molar-refractivity contribution in [2.45, 2.75) is 64.4 Å². The Morgan fingerprint density at radius 1 is 1.28 bits per heavy atom. The van der Waals surface area contributed by atoms with Gasteiger partial charge in [0.1, 0.15) is 11.7 Å². The van der Waals surface area contributed by atoms with Crippen molar-refractivity contribution in [2.24, 2.45) is 0 Å². The topological polar surface area (TPSA) is 84.9 Å². The molecule has 0 radical (unpaired) electrons. The van der Waals surface area contributed by atoms with Crippen LogP contribution in [0.5, 0.6) is 0 Å². The van der Waals surface area contributed by atoms with Crippen molar-refractivity contribution in [1.82, 2.24) is 5.32 Å². The van der Waals surface area contributed by atoms with Crippen LogP contribution >= 0.6 is 0 Å². The molecule has 104 valence electrons. The van der Waals surface area contributed by atoms with Crippen LogP contribution in [-0.2, 0) is 14.3 Å². The van der Waals surface area contributed by atoms with Crippen LogP contribution in [-0.4, -0.2) is 41.0 Å². The van der Waals surface area contributed by atoms with Crippen LogP contribution in [0, 0.1) is 0 Å². The fraction of sp³-hybridized carbons (Fsp3) is 0.833. The van der Waals surface area contributed by atoms with E-state index >= 15 is 0 Å². The number of esters is 1. The molecule has 0 heterocycles. The van der Waals surface area contributed by atoms with Crippen LogP contribution in [0.3, 0.4) is 0 Å². The van der Waals surface area contributed by atoms with Crippen LogP contribution < -0.4 is 5.32 Å². The van der Waals surface area contributed by atoms with E-state index in [0.717, 1.165) is 0 Å². The molecule has 0 bridgehead atoms. The van der Waals surface area contributed by atoms with Crippen molar-refractivity contribution in [2.75, 3.05) is 0 Å². The molecule has 1 rings (SSSR count). The Labute approximate surface area is 107 Å². The summed E-state index contributed by atoms with van der Waals surface area (Å²) < 4.78 is 10.2. The summed E-state index contributed by atoms with van der Waals surface area (Å²) in [5.74, 6) is -0.426. The van der Waals surface area contributed by atoms with Crippen LogP contribution in [0.1, 0.15) is 40.5 Å². The summed E-state index contributed by atoms with van der Waals surface area (Å²) in [4.78, 5) is 22.5. The number of carbonyl (C=O) groups excluding carboxylic acids is 2. The van der Waals surface area contributed by atoms with Gasteiger partial charge in [-0.2, -0.15) is 0 Å². The second kappa shape index (κ2) is 5.56. The lowest BCUT2D eigenvalue weighted by atomic mass is 10.2. The highest BCUT2D eigenvalue weighted by atomic mass is 16.6. The maximum Gasteiger partial charge on any atom is 0.408 e. The number of rotatable bonds is 2. The molecule has 3 atom stereocenters. The summed E-state index contributed by atoms with van der Waals surface area (Å²) in [6, 6.07) is -0.404. The highest BCUT2D eigenvalue weighted by Crippen LogP contribution is 2.23.